The van der Waals surface area contributed by atoms with E-state index in [1.54, 1.807) is 7.05 Å². The van der Waals surface area contributed by atoms with Crippen molar-refractivity contribution in [2.24, 2.45) is 11.7 Å². The van der Waals surface area contributed by atoms with Crippen molar-refractivity contribution in [3.63, 3.8) is 0 Å². The van der Waals surface area contributed by atoms with Crippen LogP contribution in [0.3, 0.4) is 0 Å². The molecular weight excluding hydrogens is 214 g/mol. The summed E-state index contributed by atoms with van der Waals surface area (Å²) in [5.41, 5.74) is 5.46. The Balaban J connectivity index is 2.61. The largest absolute Gasteiger partial charge is 0.393 e. The molecule has 0 spiro atoms. The second-order valence-corrected chi connectivity index (χ2v) is 4.25. The molecule has 1 aliphatic rings. The number of nitrogens with two attached hydrogens (primary N) is 1. The standard InChI is InChI=1S/C9H15N3O2S/c1-6(7(10)15)5-12-4-3-11(2)8(13)9(12)14/h6H,3-5H2,1-2H3,(H2,10,15). The summed E-state index contributed by atoms with van der Waals surface area (Å²) in [6.45, 7) is 3.38. The minimum Gasteiger partial charge on any atom is -0.393 e. The summed E-state index contributed by atoms with van der Waals surface area (Å²) in [6, 6.07) is 0. The number of thiocarbonyl (C=S) groups is 1. The van der Waals surface area contributed by atoms with Crippen molar-refractivity contribution in [2.45, 2.75) is 6.92 Å². The molecule has 0 aromatic heterocycles. The molecule has 1 atom stereocenters. The van der Waals surface area contributed by atoms with E-state index in [1.807, 2.05) is 6.92 Å². The van der Waals surface area contributed by atoms with Crippen LogP contribution in [0.1, 0.15) is 6.92 Å². The summed E-state index contributed by atoms with van der Waals surface area (Å²) in [5, 5.41) is 0. The van der Waals surface area contributed by atoms with Crippen LogP contribution in [0.5, 0.6) is 0 Å². The third kappa shape index (κ3) is 2.65. The predicted octanol–water partition coefficient (Wildman–Crippen LogP) is -0.791. The van der Waals surface area contributed by atoms with Crippen LogP contribution in [-0.2, 0) is 9.59 Å². The highest BCUT2D eigenvalue weighted by Gasteiger charge is 2.31. The highest BCUT2D eigenvalue weighted by atomic mass is 32.1. The van der Waals surface area contributed by atoms with Gasteiger partial charge in [0.2, 0.25) is 0 Å². The Hall–Kier alpha value is -1.17. The number of hydrogen-bond donors (Lipinski definition) is 1. The number of hydrogen-bond acceptors (Lipinski definition) is 3. The zero-order valence-corrected chi connectivity index (χ0v) is 9.71. The van der Waals surface area contributed by atoms with E-state index in [4.69, 9.17) is 18.0 Å². The van der Waals surface area contributed by atoms with Crippen molar-refractivity contribution < 1.29 is 9.59 Å². The molecule has 0 aromatic carbocycles. The molecule has 1 unspecified atom stereocenters. The molecule has 1 rings (SSSR count). The first-order chi connectivity index (χ1) is 6.93. The fourth-order valence-corrected chi connectivity index (χ4v) is 1.44. The van der Waals surface area contributed by atoms with Gasteiger partial charge in [0.15, 0.2) is 0 Å². The summed E-state index contributed by atoms with van der Waals surface area (Å²) in [7, 11) is 1.62. The van der Waals surface area contributed by atoms with E-state index in [-0.39, 0.29) is 5.92 Å². The van der Waals surface area contributed by atoms with Gasteiger partial charge in [-0.15, -0.1) is 0 Å². The SMILES string of the molecule is CC(CN1CCN(C)C(=O)C1=O)C(N)=S. The fraction of sp³-hybridized carbons (Fsp3) is 0.667. The second kappa shape index (κ2) is 4.57. The number of likely N-dealkylation sites (N-methyl/N-ethyl adjacent to an activating group) is 1. The maximum Gasteiger partial charge on any atom is 0.312 e. The van der Waals surface area contributed by atoms with Crippen LogP contribution in [0.25, 0.3) is 0 Å². The lowest BCUT2D eigenvalue weighted by atomic mass is 10.1. The van der Waals surface area contributed by atoms with Gasteiger partial charge in [-0.1, -0.05) is 19.1 Å². The normalized spacial score (nSPS) is 19.3. The number of rotatable bonds is 3. The topological polar surface area (TPSA) is 66.6 Å². The van der Waals surface area contributed by atoms with Gasteiger partial charge in [0, 0.05) is 32.6 Å². The lowest BCUT2D eigenvalue weighted by molar-refractivity contribution is -0.155. The van der Waals surface area contributed by atoms with E-state index in [0.717, 1.165) is 0 Å². The van der Waals surface area contributed by atoms with Gasteiger partial charge in [-0.2, -0.15) is 0 Å². The third-order valence-electron chi connectivity index (χ3n) is 2.50. The molecule has 2 N–H and O–H groups in total. The molecule has 1 heterocycles. The van der Waals surface area contributed by atoms with Crippen LogP contribution in [0, 0.1) is 5.92 Å². The Morgan fingerprint density at radius 1 is 1.47 bits per heavy atom. The number of carbonyl (C=O) groups excluding carboxylic acids is 2. The summed E-state index contributed by atoms with van der Waals surface area (Å²) in [4.78, 5) is 26.2. The van der Waals surface area contributed by atoms with Crippen LogP contribution >= 0.6 is 12.2 Å². The minimum absolute atomic E-state index is 0.0554. The van der Waals surface area contributed by atoms with Crippen molar-refractivity contribution in [1.82, 2.24) is 9.80 Å². The highest BCUT2D eigenvalue weighted by Crippen LogP contribution is 2.07. The van der Waals surface area contributed by atoms with Crippen LogP contribution in [0.15, 0.2) is 0 Å². The van der Waals surface area contributed by atoms with Gasteiger partial charge < -0.3 is 15.5 Å². The van der Waals surface area contributed by atoms with Crippen LogP contribution in [-0.4, -0.2) is 53.3 Å². The number of nitrogens with zero attached hydrogens (tertiary/aromatic N) is 2. The Morgan fingerprint density at radius 3 is 2.60 bits per heavy atom. The summed E-state index contributed by atoms with van der Waals surface area (Å²) >= 11 is 4.82. The molecule has 5 nitrogen and oxygen atoms in total. The molecule has 1 aliphatic heterocycles. The molecule has 0 aromatic rings. The second-order valence-electron chi connectivity index (χ2n) is 3.78. The quantitative estimate of drug-likeness (QED) is 0.509. The fourth-order valence-electron chi connectivity index (χ4n) is 1.37. The molecule has 6 heteroatoms. The Bertz CT molecular complexity index is 306. The molecule has 0 radical (unpaired) electrons. The summed E-state index contributed by atoms with van der Waals surface area (Å²) < 4.78 is 0. The van der Waals surface area contributed by atoms with Gasteiger partial charge in [-0.25, -0.2) is 0 Å². The lowest BCUT2D eigenvalue weighted by Crippen LogP contribution is -2.54. The first-order valence-corrected chi connectivity index (χ1v) is 5.18. The molecular formula is C9H15N3O2S. The van der Waals surface area contributed by atoms with Crippen molar-refractivity contribution in [2.75, 3.05) is 26.7 Å². The zero-order chi connectivity index (χ0) is 11.6. The van der Waals surface area contributed by atoms with Crippen LogP contribution < -0.4 is 5.73 Å². The van der Waals surface area contributed by atoms with Gasteiger partial charge in [0.25, 0.3) is 0 Å². The van der Waals surface area contributed by atoms with E-state index in [9.17, 15) is 9.59 Å². The van der Waals surface area contributed by atoms with E-state index >= 15 is 0 Å². The summed E-state index contributed by atoms with van der Waals surface area (Å²) in [5.74, 6) is -0.983. The smallest absolute Gasteiger partial charge is 0.312 e. The Kier molecular flexibility index (Phi) is 3.62. The molecule has 15 heavy (non-hydrogen) atoms. The van der Waals surface area contributed by atoms with Gasteiger partial charge in [-0.05, 0) is 0 Å². The van der Waals surface area contributed by atoms with Crippen LogP contribution in [0.2, 0.25) is 0 Å². The maximum atomic E-state index is 11.5. The van der Waals surface area contributed by atoms with Crippen molar-refractivity contribution >= 4 is 29.0 Å². The first-order valence-electron chi connectivity index (χ1n) is 4.77. The van der Waals surface area contributed by atoms with Gasteiger partial charge in [0.1, 0.15) is 0 Å². The van der Waals surface area contributed by atoms with Gasteiger partial charge >= 0.3 is 11.8 Å². The molecule has 0 saturated carbocycles. The van der Waals surface area contributed by atoms with E-state index < -0.39 is 11.8 Å². The van der Waals surface area contributed by atoms with Gasteiger partial charge in [0.05, 0.1) is 4.99 Å². The zero-order valence-electron chi connectivity index (χ0n) is 8.90. The minimum atomic E-state index is -0.466. The van der Waals surface area contributed by atoms with Crippen molar-refractivity contribution in [3.05, 3.63) is 0 Å². The van der Waals surface area contributed by atoms with E-state index in [1.165, 1.54) is 9.80 Å². The third-order valence-corrected chi connectivity index (χ3v) is 2.90. The summed E-state index contributed by atoms with van der Waals surface area (Å²) in [6.07, 6.45) is 0. The molecule has 0 bridgehead atoms. The molecule has 1 saturated heterocycles. The first kappa shape index (κ1) is 11.9. The van der Waals surface area contributed by atoms with E-state index in [0.29, 0.717) is 24.6 Å². The Morgan fingerprint density at radius 2 is 2.07 bits per heavy atom. The molecule has 2 amide bonds. The number of amides is 2. The maximum absolute atomic E-state index is 11.5. The van der Waals surface area contributed by atoms with Gasteiger partial charge in [-0.3, -0.25) is 9.59 Å². The molecule has 1 fully saturated rings. The molecule has 84 valence electrons. The number of carbonyl (C=O) groups is 2. The Labute approximate surface area is 94.2 Å². The van der Waals surface area contributed by atoms with Crippen molar-refractivity contribution in [1.29, 1.82) is 0 Å². The average molecular weight is 229 g/mol. The lowest BCUT2D eigenvalue weighted by Gasteiger charge is -2.32. The number of piperazine rings is 1. The highest BCUT2D eigenvalue weighted by molar-refractivity contribution is 7.80. The van der Waals surface area contributed by atoms with Crippen molar-refractivity contribution in [3.8, 4) is 0 Å². The van der Waals surface area contributed by atoms with Crippen LogP contribution in [0.4, 0.5) is 0 Å². The average Bonchev–Trinajstić information content (AvgIpc) is 2.18. The predicted molar refractivity (Wildman–Crippen MR) is 60.2 cm³/mol. The van der Waals surface area contributed by atoms with E-state index in [2.05, 4.69) is 0 Å². The molecule has 0 aliphatic carbocycles. The monoisotopic (exact) mass is 229 g/mol.